The van der Waals surface area contributed by atoms with Crippen molar-refractivity contribution in [3.63, 3.8) is 0 Å². The number of nitrogens with zero attached hydrogens (tertiary/aromatic N) is 1. The highest BCUT2D eigenvalue weighted by Crippen LogP contribution is 2.23. The third kappa shape index (κ3) is 4.97. The zero-order valence-electron chi connectivity index (χ0n) is 17.2. The Kier molecular flexibility index (Phi) is 6.68. The first kappa shape index (κ1) is 21.5. The highest BCUT2D eigenvalue weighted by atomic mass is 35.5. The van der Waals surface area contributed by atoms with E-state index in [1.54, 1.807) is 41.0 Å². The van der Waals surface area contributed by atoms with E-state index < -0.39 is 6.67 Å². The van der Waals surface area contributed by atoms with E-state index in [1.165, 1.54) is 0 Å². The highest BCUT2D eigenvalue weighted by molar-refractivity contribution is 6.31. The molecule has 0 radical (unpaired) electrons. The van der Waals surface area contributed by atoms with Crippen molar-refractivity contribution >= 4 is 34.0 Å². The van der Waals surface area contributed by atoms with Gasteiger partial charge in [0.1, 0.15) is 6.67 Å². The number of pyridine rings is 1. The zero-order valence-corrected chi connectivity index (χ0v) is 17.9. The van der Waals surface area contributed by atoms with Crippen molar-refractivity contribution in [3.05, 3.63) is 75.2 Å². The second-order valence-corrected chi connectivity index (χ2v) is 8.42. The number of nitrogens with one attached hydrogen (secondary N) is 2. The van der Waals surface area contributed by atoms with Gasteiger partial charge in [0, 0.05) is 39.8 Å². The van der Waals surface area contributed by atoms with Crippen LogP contribution in [0.2, 0.25) is 5.02 Å². The molecule has 3 aromatic rings. The van der Waals surface area contributed by atoms with E-state index in [4.69, 9.17) is 11.6 Å². The molecule has 31 heavy (non-hydrogen) atoms. The monoisotopic (exact) mass is 441 g/mol. The van der Waals surface area contributed by atoms with Crippen molar-refractivity contribution in [1.82, 2.24) is 9.88 Å². The maximum Gasteiger partial charge on any atom is 0.258 e. The number of halogens is 2. The van der Waals surface area contributed by atoms with Crippen LogP contribution in [0, 0.1) is 5.92 Å². The van der Waals surface area contributed by atoms with Crippen LogP contribution in [0.3, 0.4) is 0 Å². The summed E-state index contributed by atoms with van der Waals surface area (Å²) in [6.07, 6.45) is 4.03. The molecule has 1 aliphatic rings. The Balaban J connectivity index is 1.53. The van der Waals surface area contributed by atoms with E-state index in [-0.39, 0.29) is 17.9 Å². The molecular weight excluding hydrogens is 417 g/mol. The molecular formula is C24H25ClFN3O2. The second-order valence-electron chi connectivity index (χ2n) is 8.02. The van der Waals surface area contributed by atoms with Gasteiger partial charge in [0.05, 0.1) is 6.42 Å². The van der Waals surface area contributed by atoms with Crippen LogP contribution in [-0.4, -0.2) is 23.6 Å². The summed E-state index contributed by atoms with van der Waals surface area (Å²) >= 11 is 5.94. The average molecular weight is 442 g/mol. The third-order valence-electron chi connectivity index (χ3n) is 5.83. The summed E-state index contributed by atoms with van der Waals surface area (Å²) in [5, 5.41) is 7.88. The molecule has 2 N–H and O–H groups in total. The van der Waals surface area contributed by atoms with Crippen molar-refractivity contribution in [2.75, 3.05) is 18.4 Å². The largest absolute Gasteiger partial charge is 0.325 e. The lowest BCUT2D eigenvalue weighted by Gasteiger charge is -2.23. The Morgan fingerprint density at radius 1 is 1.16 bits per heavy atom. The SMILES string of the molecule is O=C(Cc1ccc(Cl)c(CF)c1)Nc1cccc2c(=O)n(CC3CCNCC3)ccc12. The number of hydrogen-bond donors (Lipinski definition) is 2. The number of carbonyl (C=O) groups excluding carboxylic acids is 1. The summed E-state index contributed by atoms with van der Waals surface area (Å²) in [4.78, 5) is 25.6. The summed E-state index contributed by atoms with van der Waals surface area (Å²) in [6, 6.07) is 12.1. The standard InChI is InChI=1S/C24H25ClFN3O2/c25-21-5-4-17(12-18(21)14-26)13-23(30)28-22-3-1-2-20-19(22)8-11-29(24(20)31)15-16-6-9-27-10-7-16/h1-5,8,11-12,16,27H,6-7,9-10,13-15H2,(H,28,30). The second kappa shape index (κ2) is 9.62. The van der Waals surface area contributed by atoms with E-state index >= 15 is 0 Å². The third-order valence-corrected chi connectivity index (χ3v) is 6.19. The van der Waals surface area contributed by atoms with Crippen LogP contribution in [0.15, 0.2) is 53.5 Å². The quantitative estimate of drug-likeness (QED) is 0.599. The van der Waals surface area contributed by atoms with Gasteiger partial charge in [0.15, 0.2) is 0 Å². The topological polar surface area (TPSA) is 63.1 Å². The molecule has 0 bridgehead atoms. The zero-order chi connectivity index (χ0) is 21.8. The van der Waals surface area contributed by atoms with Crippen LogP contribution in [0.1, 0.15) is 24.0 Å². The van der Waals surface area contributed by atoms with Crippen molar-refractivity contribution in [2.45, 2.75) is 32.5 Å². The van der Waals surface area contributed by atoms with Crippen molar-refractivity contribution in [2.24, 2.45) is 5.92 Å². The van der Waals surface area contributed by atoms with E-state index in [0.717, 1.165) is 25.9 Å². The van der Waals surface area contributed by atoms with Gasteiger partial charge < -0.3 is 15.2 Å². The number of carbonyl (C=O) groups is 1. The summed E-state index contributed by atoms with van der Waals surface area (Å²) in [5.74, 6) is 0.256. The van der Waals surface area contributed by atoms with Crippen LogP contribution in [0.25, 0.3) is 10.8 Å². The normalized spacial score (nSPS) is 14.6. The lowest BCUT2D eigenvalue weighted by molar-refractivity contribution is -0.115. The minimum atomic E-state index is -0.679. The summed E-state index contributed by atoms with van der Waals surface area (Å²) in [7, 11) is 0. The molecule has 0 atom stereocenters. The van der Waals surface area contributed by atoms with Crippen molar-refractivity contribution in [1.29, 1.82) is 0 Å². The molecule has 0 saturated carbocycles. The predicted molar refractivity (Wildman–Crippen MR) is 122 cm³/mol. The number of piperidine rings is 1. The maximum atomic E-state index is 13.0. The van der Waals surface area contributed by atoms with Crippen LogP contribution in [-0.2, 0) is 24.4 Å². The van der Waals surface area contributed by atoms with E-state index in [1.807, 2.05) is 12.3 Å². The van der Waals surface area contributed by atoms with Gasteiger partial charge in [-0.25, -0.2) is 4.39 Å². The number of anilines is 1. The highest BCUT2D eigenvalue weighted by Gasteiger charge is 2.16. The Morgan fingerprint density at radius 2 is 1.97 bits per heavy atom. The van der Waals surface area contributed by atoms with Gasteiger partial charge in [0.2, 0.25) is 5.91 Å². The molecule has 1 saturated heterocycles. The molecule has 1 fully saturated rings. The number of aromatic nitrogens is 1. The summed E-state index contributed by atoms with van der Waals surface area (Å²) < 4.78 is 14.8. The van der Waals surface area contributed by atoms with E-state index in [0.29, 0.717) is 45.1 Å². The van der Waals surface area contributed by atoms with Gasteiger partial charge in [0.25, 0.3) is 5.56 Å². The molecule has 1 aromatic heterocycles. The minimum Gasteiger partial charge on any atom is -0.325 e. The Bertz CT molecular complexity index is 1160. The lowest BCUT2D eigenvalue weighted by atomic mass is 9.98. The minimum absolute atomic E-state index is 0.0441. The van der Waals surface area contributed by atoms with E-state index in [2.05, 4.69) is 10.6 Å². The lowest BCUT2D eigenvalue weighted by Crippen LogP contribution is -2.32. The molecule has 4 rings (SSSR count). The number of alkyl halides is 1. The molecule has 0 unspecified atom stereocenters. The predicted octanol–water partition coefficient (Wildman–Crippen LogP) is 4.31. The Hall–Kier alpha value is -2.70. The van der Waals surface area contributed by atoms with Gasteiger partial charge in [-0.2, -0.15) is 0 Å². The molecule has 0 spiro atoms. The van der Waals surface area contributed by atoms with Crippen LogP contribution in [0.5, 0.6) is 0 Å². The number of amides is 1. The fourth-order valence-corrected chi connectivity index (χ4v) is 4.30. The average Bonchev–Trinajstić information content (AvgIpc) is 2.78. The van der Waals surface area contributed by atoms with Crippen LogP contribution >= 0.6 is 11.6 Å². The number of rotatable bonds is 6. The van der Waals surface area contributed by atoms with Gasteiger partial charge in [-0.1, -0.05) is 29.8 Å². The van der Waals surface area contributed by atoms with Gasteiger partial charge in [-0.3, -0.25) is 9.59 Å². The fraction of sp³-hybridized carbons (Fsp3) is 0.333. The Labute approximate surface area is 185 Å². The molecule has 5 nitrogen and oxygen atoms in total. The maximum absolute atomic E-state index is 13.0. The summed E-state index contributed by atoms with van der Waals surface area (Å²) in [6.45, 7) is 2.01. The molecule has 7 heteroatoms. The smallest absolute Gasteiger partial charge is 0.258 e. The van der Waals surface area contributed by atoms with Crippen LogP contribution < -0.4 is 16.2 Å². The van der Waals surface area contributed by atoms with Crippen molar-refractivity contribution in [3.8, 4) is 0 Å². The molecule has 1 aliphatic heterocycles. The molecule has 1 amide bonds. The first-order valence-electron chi connectivity index (χ1n) is 10.5. The van der Waals surface area contributed by atoms with Gasteiger partial charge >= 0.3 is 0 Å². The number of fused-ring (bicyclic) bond motifs is 1. The fourth-order valence-electron chi connectivity index (χ4n) is 4.13. The van der Waals surface area contributed by atoms with Crippen LogP contribution in [0.4, 0.5) is 10.1 Å². The first-order valence-corrected chi connectivity index (χ1v) is 10.9. The summed E-state index contributed by atoms with van der Waals surface area (Å²) in [5.41, 5.74) is 1.59. The van der Waals surface area contributed by atoms with E-state index in [9.17, 15) is 14.0 Å². The number of benzene rings is 2. The van der Waals surface area contributed by atoms with Crippen molar-refractivity contribution < 1.29 is 9.18 Å². The Morgan fingerprint density at radius 3 is 2.74 bits per heavy atom. The molecule has 0 aliphatic carbocycles. The first-order chi connectivity index (χ1) is 15.0. The number of hydrogen-bond acceptors (Lipinski definition) is 3. The van der Waals surface area contributed by atoms with Gasteiger partial charge in [-0.05, 0) is 61.7 Å². The molecule has 2 heterocycles. The van der Waals surface area contributed by atoms with Gasteiger partial charge in [-0.15, -0.1) is 0 Å². The molecule has 162 valence electrons. The molecule has 2 aromatic carbocycles.